The molecule has 0 aromatic carbocycles. The summed E-state index contributed by atoms with van der Waals surface area (Å²) < 4.78 is 24.6. The van der Waals surface area contributed by atoms with Gasteiger partial charge in [0, 0.05) is 12.1 Å². The summed E-state index contributed by atoms with van der Waals surface area (Å²) in [5, 5.41) is 0. The van der Waals surface area contributed by atoms with Gasteiger partial charge in [-0.3, -0.25) is 0 Å². The summed E-state index contributed by atoms with van der Waals surface area (Å²) in [7, 11) is 0. The molecule has 1 unspecified atom stereocenters. The van der Waals surface area contributed by atoms with Crippen LogP contribution in [0.3, 0.4) is 0 Å². The van der Waals surface area contributed by atoms with Crippen molar-refractivity contribution >= 4 is 23.1 Å². The van der Waals surface area contributed by atoms with Crippen LogP contribution in [0.1, 0.15) is 31.4 Å². The number of H-pyrrole nitrogens is 1. The molecule has 3 N–H and O–H groups in total. The molecule has 4 rings (SSSR count). The van der Waals surface area contributed by atoms with Crippen molar-refractivity contribution in [2.24, 2.45) is 5.73 Å². The molecular formula is C19H21FN6O3. The highest BCUT2D eigenvalue weighted by molar-refractivity contribution is 5.72. The summed E-state index contributed by atoms with van der Waals surface area (Å²) in [5.41, 5.74) is 7.12. The van der Waals surface area contributed by atoms with E-state index in [-0.39, 0.29) is 12.6 Å². The van der Waals surface area contributed by atoms with E-state index in [4.69, 9.17) is 15.2 Å². The third kappa shape index (κ3) is 4.05. The third-order valence-corrected chi connectivity index (χ3v) is 4.79. The monoisotopic (exact) mass is 400 g/mol. The van der Waals surface area contributed by atoms with Crippen LogP contribution in [0.25, 0.3) is 11.2 Å². The summed E-state index contributed by atoms with van der Waals surface area (Å²) in [6.45, 7) is 2.48. The number of aromatic nitrogens is 4. The van der Waals surface area contributed by atoms with E-state index in [0.717, 1.165) is 36.9 Å². The van der Waals surface area contributed by atoms with Crippen LogP contribution in [0.5, 0.6) is 5.88 Å². The molecule has 1 fully saturated rings. The number of hydrogen-bond donors (Lipinski definition) is 2. The SMILES string of the molecule is CC(COc1ncc(F)cc1[C@H]1CCCN1c1ccc2nc[nH]c2n1)OC(N)=O. The van der Waals surface area contributed by atoms with Crippen molar-refractivity contribution in [3.63, 3.8) is 0 Å². The smallest absolute Gasteiger partial charge is 0.404 e. The first-order valence-corrected chi connectivity index (χ1v) is 9.32. The number of nitrogens with two attached hydrogens (primary N) is 1. The number of aromatic amines is 1. The van der Waals surface area contributed by atoms with Gasteiger partial charge in [-0.2, -0.15) is 0 Å². The molecule has 4 heterocycles. The number of hydrogen-bond acceptors (Lipinski definition) is 7. The second-order valence-electron chi connectivity index (χ2n) is 6.90. The minimum atomic E-state index is -0.879. The molecule has 9 nitrogen and oxygen atoms in total. The first kappa shape index (κ1) is 18.9. The van der Waals surface area contributed by atoms with Crippen LogP contribution in [0.2, 0.25) is 0 Å². The summed E-state index contributed by atoms with van der Waals surface area (Å²) in [4.78, 5) is 28.9. The molecule has 1 saturated heterocycles. The van der Waals surface area contributed by atoms with Crippen molar-refractivity contribution in [1.82, 2.24) is 19.9 Å². The van der Waals surface area contributed by atoms with Crippen molar-refractivity contribution in [2.45, 2.75) is 31.9 Å². The fraction of sp³-hybridized carbons (Fsp3) is 0.368. The van der Waals surface area contributed by atoms with Gasteiger partial charge in [0.2, 0.25) is 5.88 Å². The Morgan fingerprint density at radius 2 is 2.31 bits per heavy atom. The lowest BCUT2D eigenvalue weighted by atomic mass is 10.1. The number of fused-ring (bicyclic) bond motifs is 1. The molecule has 3 aromatic rings. The molecule has 1 aliphatic heterocycles. The molecule has 152 valence electrons. The number of anilines is 1. The Balaban J connectivity index is 1.60. The zero-order chi connectivity index (χ0) is 20.4. The number of carbonyl (C=O) groups excluding carboxylic acids is 1. The van der Waals surface area contributed by atoms with Gasteiger partial charge in [0.05, 0.1) is 18.6 Å². The number of pyridine rings is 2. The Morgan fingerprint density at radius 3 is 3.14 bits per heavy atom. The van der Waals surface area contributed by atoms with Crippen LogP contribution in [0, 0.1) is 5.82 Å². The minimum Gasteiger partial charge on any atom is -0.473 e. The summed E-state index contributed by atoms with van der Waals surface area (Å²) in [5.74, 6) is 0.619. The van der Waals surface area contributed by atoms with Gasteiger partial charge in [-0.15, -0.1) is 0 Å². The Labute approximate surface area is 166 Å². The lowest BCUT2D eigenvalue weighted by Gasteiger charge is -2.27. The molecule has 1 aliphatic rings. The lowest BCUT2D eigenvalue weighted by molar-refractivity contribution is 0.0803. The average Bonchev–Trinajstić information content (AvgIpc) is 3.35. The van der Waals surface area contributed by atoms with Crippen molar-refractivity contribution < 1.29 is 18.7 Å². The molecule has 10 heteroatoms. The Morgan fingerprint density at radius 1 is 1.45 bits per heavy atom. The first-order valence-electron chi connectivity index (χ1n) is 9.32. The molecule has 29 heavy (non-hydrogen) atoms. The largest absolute Gasteiger partial charge is 0.473 e. The molecular weight excluding hydrogens is 379 g/mol. The van der Waals surface area contributed by atoms with Crippen molar-refractivity contribution in [3.05, 3.63) is 42.1 Å². The van der Waals surface area contributed by atoms with Gasteiger partial charge < -0.3 is 25.1 Å². The number of imidazole rings is 1. The van der Waals surface area contributed by atoms with Crippen LogP contribution in [-0.2, 0) is 4.74 Å². The number of nitrogens with zero attached hydrogens (tertiary/aromatic N) is 4. The van der Waals surface area contributed by atoms with Gasteiger partial charge >= 0.3 is 6.09 Å². The predicted molar refractivity (Wildman–Crippen MR) is 103 cm³/mol. The Kier molecular flexibility index (Phi) is 5.15. The maximum Gasteiger partial charge on any atom is 0.404 e. The van der Waals surface area contributed by atoms with E-state index in [1.807, 2.05) is 12.1 Å². The standard InChI is InChI=1S/C19H21FN6O3/c1-11(29-19(21)27)9-28-18-13(7-12(20)8-22-18)15-3-2-6-26(15)16-5-4-14-17(25-16)24-10-23-14/h4-5,7-8,10-11,15H,2-3,6,9H2,1H3,(H2,21,27)(H,23,24,25)/t11?,15-/m1/s1. The quantitative estimate of drug-likeness (QED) is 0.653. The van der Waals surface area contributed by atoms with Gasteiger partial charge in [0.15, 0.2) is 5.65 Å². The molecule has 0 aliphatic carbocycles. The van der Waals surface area contributed by atoms with E-state index in [9.17, 15) is 9.18 Å². The molecule has 0 spiro atoms. The van der Waals surface area contributed by atoms with Crippen molar-refractivity contribution in [2.75, 3.05) is 18.1 Å². The van der Waals surface area contributed by atoms with Gasteiger partial charge in [-0.1, -0.05) is 0 Å². The van der Waals surface area contributed by atoms with Gasteiger partial charge in [0.1, 0.15) is 29.9 Å². The highest BCUT2D eigenvalue weighted by Crippen LogP contribution is 2.39. The minimum absolute atomic E-state index is 0.0552. The second-order valence-corrected chi connectivity index (χ2v) is 6.90. The number of amides is 1. The number of ether oxygens (including phenoxy) is 2. The van der Waals surface area contributed by atoms with Crippen molar-refractivity contribution in [3.8, 4) is 5.88 Å². The van der Waals surface area contributed by atoms with E-state index in [2.05, 4.69) is 24.8 Å². The second kappa shape index (κ2) is 7.90. The average molecular weight is 400 g/mol. The predicted octanol–water partition coefficient (Wildman–Crippen LogP) is 2.70. The third-order valence-electron chi connectivity index (χ3n) is 4.79. The maximum atomic E-state index is 14.0. The van der Waals surface area contributed by atoms with Gasteiger partial charge in [0.25, 0.3) is 0 Å². The fourth-order valence-electron chi connectivity index (χ4n) is 3.57. The zero-order valence-corrected chi connectivity index (χ0v) is 15.8. The molecule has 1 amide bonds. The number of primary amides is 1. The van der Waals surface area contributed by atoms with E-state index in [1.165, 1.54) is 6.07 Å². The number of halogens is 1. The van der Waals surface area contributed by atoms with E-state index in [1.54, 1.807) is 13.3 Å². The van der Waals surface area contributed by atoms with Crippen LogP contribution in [-0.4, -0.2) is 45.3 Å². The van der Waals surface area contributed by atoms with Crippen LogP contribution >= 0.6 is 0 Å². The van der Waals surface area contributed by atoms with E-state index in [0.29, 0.717) is 17.1 Å². The van der Waals surface area contributed by atoms with Crippen LogP contribution < -0.4 is 15.4 Å². The maximum absolute atomic E-state index is 14.0. The van der Waals surface area contributed by atoms with E-state index < -0.39 is 18.0 Å². The normalized spacial score (nSPS) is 17.4. The lowest BCUT2D eigenvalue weighted by Crippen LogP contribution is -2.27. The molecule has 0 radical (unpaired) electrons. The van der Waals surface area contributed by atoms with Crippen molar-refractivity contribution in [1.29, 1.82) is 0 Å². The molecule has 0 bridgehead atoms. The van der Waals surface area contributed by atoms with Gasteiger partial charge in [-0.25, -0.2) is 24.1 Å². The molecule has 3 aromatic heterocycles. The number of carbonyl (C=O) groups is 1. The Hall–Kier alpha value is -3.43. The highest BCUT2D eigenvalue weighted by atomic mass is 19.1. The summed E-state index contributed by atoms with van der Waals surface area (Å²) in [6, 6.07) is 5.08. The van der Waals surface area contributed by atoms with Gasteiger partial charge in [-0.05, 0) is 38.0 Å². The van der Waals surface area contributed by atoms with Crippen LogP contribution in [0.15, 0.2) is 30.7 Å². The van der Waals surface area contributed by atoms with Crippen LogP contribution in [0.4, 0.5) is 15.0 Å². The fourth-order valence-corrected chi connectivity index (χ4v) is 3.57. The zero-order valence-electron chi connectivity index (χ0n) is 15.8. The Bertz CT molecular complexity index is 1030. The van der Waals surface area contributed by atoms with E-state index >= 15 is 0 Å². The molecule has 2 atom stereocenters. The number of nitrogens with one attached hydrogen (secondary N) is 1. The first-order chi connectivity index (χ1) is 14.0. The summed E-state index contributed by atoms with van der Waals surface area (Å²) >= 11 is 0. The number of rotatable bonds is 6. The molecule has 0 saturated carbocycles. The summed E-state index contributed by atoms with van der Waals surface area (Å²) in [6.07, 6.45) is 2.99. The highest BCUT2D eigenvalue weighted by Gasteiger charge is 2.31. The topological polar surface area (TPSA) is 119 Å².